The molecule has 0 saturated heterocycles. The standard InChI is InChI=1S/C12H22N4O3/c1-3-15-10(2)11(13)8-16(14)6-4-5-7-19-9-12(17)18/h3,8H,1,4-7,9,13-14H2,2H3,(H,17,18)/b11-8-,15-10?. The fraction of sp³-hybridized carbons (Fsp3) is 0.500. The van der Waals surface area contributed by atoms with E-state index >= 15 is 0 Å². The van der Waals surface area contributed by atoms with E-state index in [1.807, 2.05) is 0 Å². The molecule has 7 nitrogen and oxygen atoms in total. The van der Waals surface area contributed by atoms with Gasteiger partial charge in [0.05, 0.1) is 11.4 Å². The second-order valence-electron chi connectivity index (χ2n) is 3.87. The molecule has 7 heteroatoms. The third kappa shape index (κ3) is 9.81. The van der Waals surface area contributed by atoms with E-state index in [9.17, 15) is 4.79 Å². The lowest BCUT2D eigenvalue weighted by molar-refractivity contribution is -0.142. The summed E-state index contributed by atoms with van der Waals surface area (Å²) in [6.07, 6.45) is 4.52. The van der Waals surface area contributed by atoms with Crippen molar-refractivity contribution in [2.75, 3.05) is 19.8 Å². The number of aliphatic carboxylic acids is 1. The Morgan fingerprint density at radius 1 is 1.53 bits per heavy atom. The third-order valence-corrected chi connectivity index (χ3v) is 2.19. The second-order valence-corrected chi connectivity index (χ2v) is 3.87. The van der Waals surface area contributed by atoms with Gasteiger partial charge >= 0.3 is 5.97 Å². The van der Waals surface area contributed by atoms with Crippen LogP contribution in [0.25, 0.3) is 0 Å². The highest BCUT2D eigenvalue weighted by Gasteiger charge is 2.00. The van der Waals surface area contributed by atoms with Gasteiger partial charge in [0.15, 0.2) is 0 Å². The van der Waals surface area contributed by atoms with Gasteiger partial charge in [-0.1, -0.05) is 6.58 Å². The number of nitrogens with two attached hydrogens (primary N) is 2. The third-order valence-electron chi connectivity index (χ3n) is 2.19. The molecule has 0 rings (SSSR count). The van der Waals surface area contributed by atoms with Crippen molar-refractivity contribution < 1.29 is 14.6 Å². The Morgan fingerprint density at radius 3 is 2.79 bits per heavy atom. The second kappa shape index (κ2) is 10.1. The maximum Gasteiger partial charge on any atom is 0.329 e. The zero-order chi connectivity index (χ0) is 14.7. The number of hydrogen-bond acceptors (Lipinski definition) is 6. The predicted octanol–water partition coefficient (Wildman–Crippen LogP) is 0.448. The minimum absolute atomic E-state index is 0.267. The summed E-state index contributed by atoms with van der Waals surface area (Å²) in [6, 6.07) is 0. The maximum absolute atomic E-state index is 10.2. The van der Waals surface area contributed by atoms with Crippen LogP contribution in [0.3, 0.4) is 0 Å². The average Bonchev–Trinajstić information content (AvgIpc) is 2.33. The molecular formula is C12H22N4O3. The lowest BCUT2D eigenvalue weighted by Crippen LogP contribution is -2.28. The molecule has 5 N–H and O–H groups in total. The fourth-order valence-electron chi connectivity index (χ4n) is 1.21. The largest absolute Gasteiger partial charge is 0.480 e. The Balaban J connectivity index is 3.83. The quantitative estimate of drug-likeness (QED) is 0.230. The normalized spacial score (nSPS) is 12.3. The van der Waals surface area contributed by atoms with Gasteiger partial charge in [-0.05, 0) is 19.8 Å². The van der Waals surface area contributed by atoms with Gasteiger partial charge < -0.3 is 20.6 Å². The molecule has 0 atom stereocenters. The number of aliphatic imine (C=N–C) groups is 1. The zero-order valence-corrected chi connectivity index (χ0v) is 11.2. The van der Waals surface area contributed by atoms with Crippen LogP contribution in [0.5, 0.6) is 0 Å². The number of nitrogens with zero attached hydrogens (tertiary/aromatic N) is 2. The Labute approximate surface area is 113 Å². The van der Waals surface area contributed by atoms with Crippen molar-refractivity contribution in [2.45, 2.75) is 19.8 Å². The van der Waals surface area contributed by atoms with Gasteiger partial charge in [0.2, 0.25) is 0 Å². The van der Waals surface area contributed by atoms with E-state index in [1.165, 1.54) is 11.2 Å². The number of ether oxygens (including phenoxy) is 1. The minimum atomic E-state index is -0.965. The zero-order valence-electron chi connectivity index (χ0n) is 11.2. The van der Waals surface area contributed by atoms with Gasteiger partial charge in [0, 0.05) is 25.6 Å². The van der Waals surface area contributed by atoms with Crippen LogP contribution in [0.2, 0.25) is 0 Å². The number of carbonyl (C=O) groups is 1. The smallest absolute Gasteiger partial charge is 0.329 e. The van der Waals surface area contributed by atoms with Gasteiger partial charge in [-0.3, -0.25) is 4.99 Å². The number of carboxylic acid groups (broad SMARTS) is 1. The monoisotopic (exact) mass is 270 g/mol. The molecule has 0 spiro atoms. The minimum Gasteiger partial charge on any atom is -0.480 e. The summed E-state index contributed by atoms with van der Waals surface area (Å²) in [5, 5.41) is 9.83. The van der Waals surface area contributed by atoms with Crippen molar-refractivity contribution in [1.29, 1.82) is 0 Å². The molecule has 0 bridgehead atoms. The molecule has 0 fully saturated rings. The molecule has 0 aromatic heterocycles. The van der Waals surface area contributed by atoms with E-state index in [0.717, 1.165) is 12.8 Å². The number of rotatable bonds is 10. The van der Waals surface area contributed by atoms with Crippen LogP contribution in [-0.4, -0.2) is 41.6 Å². The summed E-state index contributed by atoms with van der Waals surface area (Å²) in [5.41, 5.74) is 6.89. The van der Waals surface area contributed by atoms with Crippen LogP contribution in [-0.2, 0) is 9.53 Å². The summed E-state index contributed by atoms with van der Waals surface area (Å²) < 4.78 is 4.90. The predicted molar refractivity (Wildman–Crippen MR) is 74.2 cm³/mol. The lowest BCUT2D eigenvalue weighted by atomic mass is 10.3. The molecule has 0 saturated carbocycles. The first-order chi connectivity index (χ1) is 8.97. The van der Waals surface area contributed by atoms with E-state index in [2.05, 4.69) is 11.6 Å². The Hall–Kier alpha value is -1.86. The van der Waals surface area contributed by atoms with Gasteiger partial charge in [-0.25, -0.2) is 10.6 Å². The number of carboxylic acids is 1. The number of hydrogen-bond donors (Lipinski definition) is 3. The SMILES string of the molecule is C=CN=C(C)/C(N)=C/N(N)CCCCOCC(=O)O. The molecule has 0 unspecified atom stereocenters. The van der Waals surface area contributed by atoms with Crippen molar-refractivity contribution >= 4 is 11.7 Å². The van der Waals surface area contributed by atoms with E-state index in [1.54, 1.807) is 13.1 Å². The lowest BCUT2D eigenvalue weighted by Gasteiger charge is -2.14. The highest BCUT2D eigenvalue weighted by Crippen LogP contribution is 1.96. The van der Waals surface area contributed by atoms with Crippen LogP contribution in [0.4, 0.5) is 0 Å². The van der Waals surface area contributed by atoms with Gasteiger partial charge in [-0.15, -0.1) is 0 Å². The first-order valence-electron chi connectivity index (χ1n) is 5.91. The van der Waals surface area contributed by atoms with Gasteiger partial charge in [0.1, 0.15) is 6.61 Å². The van der Waals surface area contributed by atoms with Crippen molar-refractivity contribution in [3.63, 3.8) is 0 Å². The fourth-order valence-corrected chi connectivity index (χ4v) is 1.21. The summed E-state index contributed by atoms with van der Waals surface area (Å²) >= 11 is 0. The van der Waals surface area contributed by atoms with Crippen LogP contribution in [0.1, 0.15) is 19.8 Å². The van der Waals surface area contributed by atoms with Gasteiger partial charge in [-0.2, -0.15) is 0 Å². The van der Waals surface area contributed by atoms with E-state index in [-0.39, 0.29) is 6.61 Å². The summed E-state index contributed by atoms with van der Waals surface area (Å²) in [4.78, 5) is 14.1. The van der Waals surface area contributed by atoms with Crippen LogP contribution in [0.15, 0.2) is 29.7 Å². The Kier molecular flexibility index (Phi) is 9.11. The highest BCUT2D eigenvalue weighted by molar-refractivity contribution is 5.97. The summed E-state index contributed by atoms with van der Waals surface area (Å²) in [7, 11) is 0. The molecule has 0 radical (unpaired) electrons. The van der Waals surface area contributed by atoms with Gasteiger partial charge in [0.25, 0.3) is 0 Å². The number of unbranched alkanes of at least 4 members (excludes halogenated alkanes) is 1. The number of hydrazine groups is 1. The molecule has 0 heterocycles. The molecule has 0 aliphatic carbocycles. The Morgan fingerprint density at radius 2 is 2.21 bits per heavy atom. The van der Waals surface area contributed by atoms with E-state index in [4.69, 9.17) is 21.4 Å². The van der Waals surface area contributed by atoms with Crippen LogP contribution < -0.4 is 11.6 Å². The first-order valence-corrected chi connectivity index (χ1v) is 5.91. The van der Waals surface area contributed by atoms with E-state index < -0.39 is 5.97 Å². The molecule has 108 valence electrons. The van der Waals surface area contributed by atoms with Crippen molar-refractivity contribution in [1.82, 2.24) is 5.01 Å². The molecule has 0 aliphatic heterocycles. The van der Waals surface area contributed by atoms with E-state index in [0.29, 0.717) is 24.6 Å². The Bertz CT molecular complexity index is 353. The van der Waals surface area contributed by atoms with Crippen LogP contribution in [0, 0.1) is 0 Å². The molecule has 0 aromatic rings. The topological polar surface area (TPSA) is 114 Å². The molecule has 19 heavy (non-hydrogen) atoms. The van der Waals surface area contributed by atoms with Crippen molar-refractivity contribution in [3.8, 4) is 0 Å². The van der Waals surface area contributed by atoms with Crippen molar-refractivity contribution in [3.05, 3.63) is 24.7 Å². The maximum atomic E-state index is 10.2. The molecular weight excluding hydrogens is 248 g/mol. The number of allylic oxidation sites excluding steroid dienone is 1. The summed E-state index contributed by atoms with van der Waals surface area (Å²) in [5.74, 6) is 4.77. The average molecular weight is 270 g/mol. The molecule has 0 amide bonds. The summed E-state index contributed by atoms with van der Waals surface area (Å²) in [6.45, 7) is 5.97. The first kappa shape index (κ1) is 17.1. The molecule has 0 aromatic carbocycles. The molecule has 0 aliphatic rings. The van der Waals surface area contributed by atoms with Crippen molar-refractivity contribution in [2.24, 2.45) is 16.6 Å². The van der Waals surface area contributed by atoms with Crippen LogP contribution >= 0.6 is 0 Å². The highest BCUT2D eigenvalue weighted by atomic mass is 16.5.